The number of rotatable bonds is 4. The van der Waals surface area contributed by atoms with E-state index >= 15 is 0 Å². The maximum atomic E-state index is 12.1. The second kappa shape index (κ2) is 6.40. The Kier molecular flexibility index (Phi) is 4.85. The molecule has 140 valence electrons. The molecule has 1 aromatic rings. The summed E-state index contributed by atoms with van der Waals surface area (Å²) in [5.41, 5.74) is -0.524. The van der Waals surface area contributed by atoms with E-state index in [1.165, 1.54) is 0 Å². The summed E-state index contributed by atoms with van der Waals surface area (Å²) in [6.07, 6.45) is 4.00. The molecule has 0 aromatic carbocycles. The Morgan fingerprint density at radius 3 is 2.64 bits per heavy atom. The molecule has 2 bridgehead atoms. The Morgan fingerprint density at radius 2 is 2.08 bits per heavy atom. The number of amides is 1. The first-order valence-corrected chi connectivity index (χ1v) is 10.0. The van der Waals surface area contributed by atoms with Crippen LogP contribution >= 0.6 is 22.6 Å². The van der Waals surface area contributed by atoms with Crippen molar-refractivity contribution in [3.05, 3.63) is 15.7 Å². The Labute approximate surface area is 162 Å². The van der Waals surface area contributed by atoms with E-state index in [4.69, 9.17) is 4.74 Å². The van der Waals surface area contributed by atoms with Gasteiger partial charge in [-0.1, -0.05) is 13.8 Å². The smallest absolute Gasteiger partial charge is 0.407 e. The lowest BCUT2D eigenvalue weighted by Gasteiger charge is -2.41. The van der Waals surface area contributed by atoms with Crippen molar-refractivity contribution in [3.63, 3.8) is 0 Å². The lowest BCUT2D eigenvalue weighted by Crippen LogP contribution is -2.42. The first kappa shape index (κ1) is 18.9. The highest BCUT2D eigenvalue weighted by Crippen LogP contribution is 2.57. The average molecular weight is 461 g/mol. The van der Waals surface area contributed by atoms with Gasteiger partial charge in [0.15, 0.2) is 0 Å². The highest BCUT2D eigenvalue weighted by molar-refractivity contribution is 14.1. The van der Waals surface area contributed by atoms with Crippen molar-refractivity contribution in [1.82, 2.24) is 14.9 Å². The van der Waals surface area contributed by atoms with Crippen LogP contribution in [0.2, 0.25) is 0 Å². The van der Waals surface area contributed by atoms with Gasteiger partial charge >= 0.3 is 6.09 Å². The van der Waals surface area contributed by atoms with Crippen LogP contribution in [0.15, 0.2) is 6.20 Å². The zero-order valence-corrected chi connectivity index (χ0v) is 17.7. The molecule has 1 heterocycles. The number of aromatic nitrogens is 2. The molecule has 1 aromatic heterocycles. The SMILES string of the molecule is CC(C)C(O)c1nc(I)cn1C12CC(C1)[C@@H](NC(=O)OC(C)(C)C)C2. The van der Waals surface area contributed by atoms with Gasteiger partial charge in [-0.2, -0.15) is 0 Å². The average Bonchev–Trinajstić information content (AvgIpc) is 3.05. The van der Waals surface area contributed by atoms with Gasteiger partial charge in [-0.05, 0) is 74.5 Å². The van der Waals surface area contributed by atoms with Crippen molar-refractivity contribution >= 4 is 28.7 Å². The summed E-state index contributed by atoms with van der Waals surface area (Å²) in [5, 5.41) is 13.6. The van der Waals surface area contributed by atoms with E-state index in [1.54, 1.807) is 0 Å². The summed E-state index contributed by atoms with van der Waals surface area (Å²) < 4.78 is 8.46. The molecule has 3 fully saturated rings. The zero-order valence-electron chi connectivity index (χ0n) is 15.5. The molecule has 2 N–H and O–H groups in total. The van der Waals surface area contributed by atoms with Gasteiger partial charge < -0.3 is 19.7 Å². The molecule has 1 unspecified atom stereocenters. The Bertz CT molecular complexity index is 659. The van der Waals surface area contributed by atoms with Gasteiger partial charge in [0.1, 0.15) is 21.2 Å². The van der Waals surface area contributed by atoms with E-state index in [2.05, 4.69) is 37.5 Å². The zero-order chi connectivity index (χ0) is 18.6. The van der Waals surface area contributed by atoms with Crippen molar-refractivity contribution in [1.29, 1.82) is 0 Å². The van der Waals surface area contributed by atoms with Gasteiger partial charge in [0.25, 0.3) is 0 Å². The number of nitrogens with one attached hydrogen (secondary N) is 1. The second-order valence-electron chi connectivity index (χ2n) is 8.83. The van der Waals surface area contributed by atoms with Gasteiger partial charge in [-0.15, -0.1) is 0 Å². The summed E-state index contributed by atoms with van der Waals surface area (Å²) in [6, 6.07) is 0.124. The lowest BCUT2D eigenvalue weighted by molar-refractivity contribution is 0.0491. The number of fused-ring (bicyclic) bond motifs is 1. The molecule has 3 aliphatic carbocycles. The van der Waals surface area contributed by atoms with E-state index in [-0.39, 0.29) is 23.6 Å². The van der Waals surface area contributed by atoms with Crippen LogP contribution in [0, 0.1) is 15.5 Å². The summed E-state index contributed by atoms with van der Waals surface area (Å²) in [4.78, 5) is 16.7. The van der Waals surface area contributed by atoms with E-state index in [1.807, 2.05) is 40.8 Å². The summed E-state index contributed by atoms with van der Waals surface area (Å²) in [5.74, 6) is 1.33. The van der Waals surface area contributed by atoms with Gasteiger partial charge in [0.05, 0.1) is 0 Å². The van der Waals surface area contributed by atoms with Gasteiger partial charge in [-0.3, -0.25) is 0 Å². The molecule has 1 amide bonds. The number of alkyl carbamates (subject to hydrolysis) is 1. The Balaban J connectivity index is 1.74. The number of hydrogen-bond acceptors (Lipinski definition) is 4. The summed E-state index contributed by atoms with van der Waals surface area (Å²) >= 11 is 2.20. The number of aliphatic hydroxyl groups excluding tert-OH is 1. The van der Waals surface area contributed by atoms with Crippen LogP contribution in [0.25, 0.3) is 0 Å². The van der Waals surface area contributed by atoms with Crippen LogP contribution in [-0.4, -0.2) is 32.4 Å². The first-order chi connectivity index (χ1) is 11.5. The number of nitrogens with zero attached hydrogens (tertiary/aromatic N) is 2. The number of ether oxygens (including phenoxy) is 1. The molecule has 0 spiro atoms. The van der Waals surface area contributed by atoms with Crippen molar-refractivity contribution in [2.24, 2.45) is 11.8 Å². The second-order valence-corrected chi connectivity index (χ2v) is 9.94. The summed E-state index contributed by atoms with van der Waals surface area (Å²) in [6.45, 7) is 9.61. The maximum Gasteiger partial charge on any atom is 0.407 e. The normalized spacial score (nSPS) is 29.4. The fourth-order valence-corrected chi connectivity index (χ4v) is 4.64. The molecule has 3 saturated carbocycles. The van der Waals surface area contributed by atoms with Crippen LogP contribution in [0.3, 0.4) is 0 Å². The highest BCUT2D eigenvalue weighted by atomic mass is 127. The maximum absolute atomic E-state index is 12.1. The molecule has 4 rings (SSSR count). The highest BCUT2D eigenvalue weighted by Gasteiger charge is 2.58. The minimum atomic E-state index is -0.574. The molecule has 25 heavy (non-hydrogen) atoms. The van der Waals surface area contributed by atoms with Crippen molar-refractivity contribution < 1.29 is 14.6 Å². The number of carbonyl (C=O) groups is 1. The third-order valence-corrected chi connectivity index (χ3v) is 5.79. The number of carbonyl (C=O) groups excluding carboxylic acids is 1. The topological polar surface area (TPSA) is 76.4 Å². The van der Waals surface area contributed by atoms with E-state index in [0.717, 1.165) is 28.8 Å². The van der Waals surface area contributed by atoms with E-state index in [0.29, 0.717) is 5.92 Å². The van der Waals surface area contributed by atoms with Gasteiger partial charge in [0.2, 0.25) is 0 Å². The van der Waals surface area contributed by atoms with Crippen LogP contribution in [0.5, 0.6) is 0 Å². The molecule has 6 nitrogen and oxygen atoms in total. The molecule has 0 saturated heterocycles. The largest absolute Gasteiger partial charge is 0.444 e. The fourth-order valence-electron chi connectivity index (χ4n) is 4.12. The minimum absolute atomic E-state index is 0.0357. The predicted molar refractivity (Wildman–Crippen MR) is 103 cm³/mol. The van der Waals surface area contributed by atoms with Crippen LogP contribution in [-0.2, 0) is 10.3 Å². The number of hydrogen-bond donors (Lipinski definition) is 2. The summed E-state index contributed by atoms with van der Waals surface area (Å²) in [7, 11) is 0. The van der Waals surface area contributed by atoms with E-state index in [9.17, 15) is 9.90 Å². The Morgan fingerprint density at radius 1 is 1.44 bits per heavy atom. The lowest BCUT2D eigenvalue weighted by atomic mass is 9.76. The van der Waals surface area contributed by atoms with E-state index < -0.39 is 11.7 Å². The van der Waals surface area contributed by atoms with Crippen molar-refractivity contribution in [2.45, 2.75) is 77.2 Å². The van der Waals surface area contributed by atoms with Crippen molar-refractivity contribution in [3.8, 4) is 0 Å². The van der Waals surface area contributed by atoms with Gasteiger partial charge in [0, 0.05) is 17.8 Å². The molecular formula is C18H28IN3O3. The van der Waals surface area contributed by atoms with Crippen LogP contribution in [0.1, 0.15) is 65.8 Å². The van der Waals surface area contributed by atoms with Gasteiger partial charge in [-0.25, -0.2) is 9.78 Å². The first-order valence-electron chi connectivity index (χ1n) is 8.93. The third kappa shape index (κ3) is 3.67. The monoisotopic (exact) mass is 461 g/mol. The minimum Gasteiger partial charge on any atom is -0.444 e. The number of imidazole rings is 1. The Hall–Kier alpha value is -0.830. The molecule has 2 atom stereocenters. The fraction of sp³-hybridized carbons (Fsp3) is 0.778. The molecule has 7 heteroatoms. The molecular weight excluding hydrogens is 433 g/mol. The standard InChI is InChI=1S/C18H28IN3O3/c1-10(2)14(23)15-21-13(19)9-22(15)18-6-11(7-18)12(8-18)20-16(24)25-17(3,4)5/h9-12,14,23H,6-8H2,1-5H3,(H,20,24)/t11?,12-,14?,18?/m0/s1. The van der Waals surface area contributed by atoms with Crippen molar-refractivity contribution in [2.75, 3.05) is 0 Å². The molecule has 0 aliphatic heterocycles. The molecule has 0 radical (unpaired) electrons. The third-order valence-electron chi connectivity index (χ3n) is 5.27. The van der Waals surface area contributed by atoms with Crippen LogP contribution in [0.4, 0.5) is 4.79 Å². The molecule has 3 aliphatic rings. The quantitative estimate of drug-likeness (QED) is 0.673. The number of aliphatic hydroxyl groups is 1. The predicted octanol–water partition coefficient (Wildman–Crippen LogP) is 3.58. The van der Waals surface area contributed by atoms with Crippen LogP contribution < -0.4 is 5.32 Å². The number of halogens is 1.